The van der Waals surface area contributed by atoms with Gasteiger partial charge >= 0.3 is 5.97 Å². The van der Waals surface area contributed by atoms with Gasteiger partial charge in [0, 0.05) is 17.0 Å². The second-order valence-electron chi connectivity index (χ2n) is 6.95. The summed E-state index contributed by atoms with van der Waals surface area (Å²) in [5.41, 5.74) is 1.89. The van der Waals surface area contributed by atoms with Gasteiger partial charge in [-0.2, -0.15) is 0 Å². The molecule has 0 spiro atoms. The molecule has 0 saturated heterocycles. The zero-order valence-electron chi connectivity index (χ0n) is 18.7. The third kappa shape index (κ3) is 6.42. The number of esters is 1. The average molecular weight is 489 g/mol. The van der Waals surface area contributed by atoms with E-state index in [1.165, 1.54) is 11.8 Å². The number of rotatable bonds is 9. The van der Waals surface area contributed by atoms with Crippen LogP contribution in [0.15, 0.2) is 34.2 Å². The number of carbonyl (C=O) groups is 2. The summed E-state index contributed by atoms with van der Waals surface area (Å²) in [6.07, 6.45) is -0.164. The first kappa shape index (κ1) is 24.5. The number of benzene rings is 1. The SMILES string of the molecule is CCOC(=O)c1sc(NC(=O)Cc2c(C)nc(SCc3cccc(OC)c3)[nH]c2=O)nc1C. The van der Waals surface area contributed by atoms with E-state index in [2.05, 4.69) is 20.3 Å². The van der Waals surface area contributed by atoms with Crippen LogP contribution < -0.4 is 15.6 Å². The predicted molar refractivity (Wildman–Crippen MR) is 127 cm³/mol. The first-order valence-electron chi connectivity index (χ1n) is 10.1. The summed E-state index contributed by atoms with van der Waals surface area (Å²) in [6, 6.07) is 7.65. The summed E-state index contributed by atoms with van der Waals surface area (Å²) >= 11 is 2.42. The highest BCUT2D eigenvalue weighted by Gasteiger charge is 2.19. The van der Waals surface area contributed by atoms with Crippen LogP contribution >= 0.6 is 23.1 Å². The second-order valence-corrected chi connectivity index (χ2v) is 8.92. The summed E-state index contributed by atoms with van der Waals surface area (Å²) in [6.45, 7) is 5.33. The fourth-order valence-corrected chi connectivity index (χ4v) is 4.66. The van der Waals surface area contributed by atoms with Crippen LogP contribution in [0.5, 0.6) is 5.75 Å². The van der Waals surface area contributed by atoms with Crippen LogP contribution in [0.4, 0.5) is 5.13 Å². The van der Waals surface area contributed by atoms with Gasteiger partial charge in [0.25, 0.3) is 5.56 Å². The highest BCUT2D eigenvalue weighted by atomic mass is 32.2. The van der Waals surface area contributed by atoms with E-state index < -0.39 is 11.9 Å². The molecule has 1 amide bonds. The van der Waals surface area contributed by atoms with Crippen molar-refractivity contribution in [3.05, 3.63) is 62.0 Å². The maximum absolute atomic E-state index is 12.6. The third-order valence-corrected chi connectivity index (χ3v) is 6.55. The van der Waals surface area contributed by atoms with Gasteiger partial charge in [0.2, 0.25) is 5.91 Å². The van der Waals surface area contributed by atoms with E-state index in [9.17, 15) is 14.4 Å². The number of ether oxygens (including phenoxy) is 2. The Morgan fingerprint density at radius 1 is 1.21 bits per heavy atom. The molecule has 2 heterocycles. The number of aromatic amines is 1. The molecule has 2 N–H and O–H groups in total. The lowest BCUT2D eigenvalue weighted by Crippen LogP contribution is -2.23. The number of aromatic nitrogens is 3. The van der Waals surface area contributed by atoms with Crippen LogP contribution in [0.25, 0.3) is 0 Å². The van der Waals surface area contributed by atoms with Gasteiger partial charge in [-0.05, 0) is 38.5 Å². The Morgan fingerprint density at radius 3 is 2.70 bits per heavy atom. The molecule has 9 nitrogen and oxygen atoms in total. The lowest BCUT2D eigenvalue weighted by molar-refractivity contribution is -0.115. The zero-order valence-corrected chi connectivity index (χ0v) is 20.3. The number of nitrogens with zero attached hydrogens (tertiary/aromatic N) is 2. The van der Waals surface area contributed by atoms with E-state index in [0.29, 0.717) is 27.2 Å². The van der Waals surface area contributed by atoms with Gasteiger partial charge < -0.3 is 19.8 Å². The molecular weight excluding hydrogens is 464 g/mol. The largest absolute Gasteiger partial charge is 0.497 e. The number of nitrogens with one attached hydrogen (secondary N) is 2. The van der Waals surface area contributed by atoms with Crippen molar-refractivity contribution in [1.82, 2.24) is 15.0 Å². The highest BCUT2D eigenvalue weighted by molar-refractivity contribution is 7.98. The molecular formula is C22H24N4O5S2. The number of aryl methyl sites for hydroxylation is 2. The van der Waals surface area contributed by atoms with Gasteiger partial charge in [-0.15, -0.1) is 0 Å². The number of methoxy groups -OCH3 is 1. The highest BCUT2D eigenvalue weighted by Crippen LogP contribution is 2.24. The maximum Gasteiger partial charge on any atom is 0.350 e. The lowest BCUT2D eigenvalue weighted by Gasteiger charge is -2.08. The molecule has 174 valence electrons. The molecule has 0 aliphatic rings. The molecule has 0 unspecified atom stereocenters. The fraction of sp³-hybridized carbons (Fsp3) is 0.318. The number of anilines is 1. The summed E-state index contributed by atoms with van der Waals surface area (Å²) in [5.74, 6) is 0.459. The minimum Gasteiger partial charge on any atom is -0.497 e. The number of hydrogen-bond donors (Lipinski definition) is 2. The Bertz CT molecular complexity index is 1220. The van der Waals surface area contributed by atoms with Crippen molar-refractivity contribution in [2.75, 3.05) is 19.0 Å². The summed E-state index contributed by atoms with van der Waals surface area (Å²) in [7, 11) is 1.61. The quantitative estimate of drug-likeness (QED) is 0.266. The zero-order chi connectivity index (χ0) is 24.0. The van der Waals surface area contributed by atoms with Crippen molar-refractivity contribution >= 4 is 40.1 Å². The molecule has 0 fully saturated rings. The molecule has 0 atom stereocenters. The monoisotopic (exact) mass is 488 g/mol. The molecule has 0 radical (unpaired) electrons. The second kappa shape index (κ2) is 11.1. The summed E-state index contributed by atoms with van der Waals surface area (Å²) in [5, 5.41) is 3.38. The number of amides is 1. The van der Waals surface area contributed by atoms with Crippen LogP contribution in [-0.2, 0) is 21.7 Å². The number of H-pyrrole nitrogens is 1. The third-order valence-electron chi connectivity index (χ3n) is 4.55. The normalized spacial score (nSPS) is 10.7. The van der Waals surface area contributed by atoms with Gasteiger partial charge in [0.1, 0.15) is 10.6 Å². The Kier molecular flexibility index (Phi) is 8.23. The van der Waals surface area contributed by atoms with E-state index in [1.807, 2.05) is 24.3 Å². The number of carbonyl (C=O) groups excluding carboxylic acids is 2. The Hall–Kier alpha value is -3.18. The van der Waals surface area contributed by atoms with E-state index >= 15 is 0 Å². The molecule has 2 aromatic heterocycles. The van der Waals surface area contributed by atoms with Crippen LogP contribution in [-0.4, -0.2) is 40.5 Å². The van der Waals surface area contributed by atoms with Crippen molar-refractivity contribution < 1.29 is 19.1 Å². The molecule has 0 bridgehead atoms. The van der Waals surface area contributed by atoms with Crippen molar-refractivity contribution in [1.29, 1.82) is 0 Å². The van der Waals surface area contributed by atoms with Gasteiger partial charge in [0.15, 0.2) is 10.3 Å². The van der Waals surface area contributed by atoms with Crippen molar-refractivity contribution in [3.8, 4) is 5.75 Å². The number of hydrogen-bond acceptors (Lipinski definition) is 9. The lowest BCUT2D eigenvalue weighted by atomic mass is 10.1. The van der Waals surface area contributed by atoms with Gasteiger partial charge in [-0.25, -0.2) is 14.8 Å². The Morgan fingerprint density at radius 2 is 2.00 bits per heavy atom. The van der Waals surface area contributed by atoms with E-state index in [0.717, 1.165) is 22.6 Å². The first-order valence-corrected chi connectivity index (χ1v) is 11.9. The van der Waals surface area contributed by atoms with Gasteiger partial charge in [-0.1, -0.05) is 35.2 Å². The molecule has 11 heteroatoms. The van der Waals surface area contributed by atoms with E-state index in [-0.39, 0.29) is 29.3 Å². The van der Waals surface area contributed by atoms with Crippen LogP contribution in [0.3, 0.4) is 0 Å². The topological polar surface area (TPSA) is 123 Å². The van der Waals surface area contributed by atoms with Gasteiger partial charge in [0.05, 0.1) is 25.8 Å². The van der Waals surface area contributed by atoms with Gasteiger partial charge in [-0.3, -0.25) is 9.59 Å². The van der Waals surface area contributed by atoms with Crippen molar-refractivity contribution in [3.63, 3.8) is 0 Å². The molecule has 3 aromatic rings. The molecule has 3 rings (SSSR count). The first-order chi connectivity index (χ1) is 15.8. The van der Waals surface area contributed by atoms with Crippen LogP contribution in [0.2, 0.25) is 0 Å². The van der Waals surface area contributed by atoms with E-state index in [4.69, 9.17) is 9.47 Å². The molecule has 0 saturated carbocycles. The Labute approximate surface area is 199 Å². The fourth-order valence-electron chi connectivity index (χ4n) is 2.94. The number of thiazole rings is 1. The van der Waals surface area contributed by atoms with Crippen LogP contribution in [0.1, 0.15) is 39.1 Å². The molecule has 1 aromatic carbocycles. The minimum atomic E-state index is -0.480. The smallest absolute Gasteiger partial charge is 0.350 e. The maximum atomic E-state index is 12.6. The minimum absolute atomic E-state index is 0.164. The van der Waals surface area contributed by atoms with Crippen molar-refractivity contribution in [2.45, 2.75) is 38.1 Å². The summed E-state index contributed by atoms with van der Waals surface area (Å²) in [4.78, 5) is 48.7. The molecule has 33 heavy (non-hydrogen) atoms. The summed E-state index contributed by atoms with van der Waals surface area (Å²) < 4.78 is 10.2. The predicted octanol–water partition coefficient (Wildman–Crippen LogP) is 3.50. The molecule has 0 aliphatic heterocycles. The number of thioether (sulfide) groups is 1. The van der Waals surface area contributed by atoms with Crippen LogP contribution in [0, 0.1) is 13.8 Å². The van der Waals surface area contributed by atoms with E-state index in [1.54, 1.807) is 27.9 Å². The Balaban J connectivity index is 1.65. The van der Waals surface area contributed by atoms with Crippen molar-refractivity contribution in [2.24, 2.45) is 0 Å². The molecule has 0 aliphatic carbocycles. The average Bonchev–Trinajstić information content (AvgIpc) is 3.15. The standard InChI is InChI=1S/C22H24N4O5S2/c1-5-31-20(29)18-13(3)24-22(33-18)25-17(27)10-16-12(2)23-21(26-19(16)28)32-11-14-7-6-8-15(9-14)30-4/h6-9H,5,10-11H2,1-4H3,(H,23,26,28)(H,24,25,27).